The zero-order chi connectivity index (χ0) is 10.1. The van der Waals surface area contributed by atoms with Gasteiger partial charge in [-0.2, -0.15) is 0 Å². The maximum atomic E-state index is 11.8. The average molecular weight is 261 g/mol. The van der Waals surface area contributed by atoms with E-state index in [1.807, 2.05) is 44.5 Å². The Balaban J connectivity index is 2.97. The summed E-state index contributed by atoms with van der Waals surface area (Å²) in [6.07, 6.45) is 0. The van der Waals surface area contributed by atoms with Crippen LogP contribution in [0.2, 0.25) is 0 Å². The largest absolute Gasteiger partial charge is 0.324 e. The maximum absolute atomic E-state index is 11.8. The van der Waals surface area contributed by atoms with Crippen molar-refractivity contribution in [1.82, 2.24) is 0 Å². The molecule has 13 heavy (non-hydrogen) atoms. The third-order valence-electron chi connectivity index (χ3n) is 2.29. The van der Waals surface area contributed by atoms with E-state index in [4.69, 9.17) is 0 Å². The van der Waals surface area contributed by atoms with Gasteiger partial charge in [0, 0.05) is 10.1 Å². The van der Waals surface area contributed by atoms with Crippen molar-refractivity contribution in [3.63, 3.8) is 0 Å². The van der Waals surface area contributed by atoms with E-state index in [-0.39, 0.29) is 5.66 Å². The van der Waals surface area contributed by atoms with Crippen molar-refractivity contribution < 1.29 is 4.57 Å². The fraction of sp³-hybridized carbons (Fsp3) is 0.400. The van der Waals surface area contributed by atoms with Gasteiger partial charge in [0.2, 0.25) is 0 Å². The van der Waals surface area contributed by atoms with Crippen molar-refractivity contribution in [2.45, 2.75) is 12.6 Å². The molecule has 1 unspecified atom stereocenters. The molecular formula is C10H14BrOP. The van der Waals surface area contributed by atoms with E-state index in [2.05, 4.69) is 15.9 Å². The van der Waals surface area contributed by atoms with Gasteiger partial charge in [-0.3, -0.25) is 0 Å². The molecule has 0 aliphatic rings. The molecule has 1 aromatic rings. The lowest BCUT2D eigenvalue weighted by Gasteiger charge is -2.16. The van der Waals surface area contributed by atoms with Crippen LogP contribution in [-0.4, -0.2) is 13.3 Å². The molecule has 0 amide bonds. The van der Waals surface area contributed by atoms with Gasteiger partial charge in [0.25, 0.3) is 0 Å². The summed E-state index contributed by atoms with van der Waals surface area (Å²) >= 11 is 3.38. The highest BCUT2D eigenvalue weighted by Gasteiger charge is 2.19. The minimum Gasteiger partial charge on any atom is -0.324 e. The lowest BCUT2D eigenvalue weighted by molar-refractivity contribution is 0.576. The van der Waals surface area contributed by atoms with E-state index in [0.717, 1.165) is 10.0 Å². The monoisotopic (exact) mass is 260 g/mol. The molecule has 0 saturated heterocycles. The van der Waals surface area contributed by atoms with Crippen molar-refractivity contribution >= 4 is 23.1 Å². The molecule has 1 aromatic carbocycles. The highest BCUT2D eigenvalue weighted by molar-refractivity contribution is 9.10. The molecule has 0 radical (unpaired) electrons. The lowest BCUT2D eigenvalue weighted by atomic mass is 10.2. The number of hydrogen-bond acceptors (Lipinski definition) is 1. The van der Waals surface area contributed by atoms with Gasteiger partial charge >= 0.3 is 0 Å². The highest BCUT2D eigenvalue weighted by atomic mass is 79.9. The summed E-state index contributed by atoms with van der Waals surface area (Å²) in [6.45, 7) is 5.68. The van der Waals surface area contributed by atoms with Crippen LogP contribution in [0.3, 0.4) is 0 Å². The summed E-state index contributed by atoms with van der Waals surface area (Å²) in [5.41, 5.74) is 1.30. The topological polar surface area (TPSA) is 17.1 Å². The predicted octanol–water partition coefficient (Wildman–Crippen LogP) is 4.13. The van der Waals surface area contributed by atoms with Crippen LogP contribution in [0.25, 0.3) is 0 Å². The van der Waals surface area contributed by atoms with Crippen molar-refractivity contribution in [2.75, 3.05) is 13.3 Å². The third-order valence-corrected chi connectivity index (χ3v) is 4.98. The van der Waals surface area contributed by atoms with Crippen molar-refractivity contribution in [1.29, 1.82) is 0 Å². The number of halogens is 1. The van der Waals surface area contributed by atoms with Gasteiger partial charge in [-0.15, -0.1) is 0 Å². The van der Waals surface area contributed by atoms with E-state index < -0.39 is 7.14 Å². The van der Waals surface area contributed by atoms with Crippen LogP contribution >= 0.6 is 23.1 Å². The molecule has 0 N–H and O–H groups in total. The van der Waals surface area contributed by atoms with Crippen LogP contribution in [0.5, 0.6) is 0 Å². The molecule has 3 heteroatoms. The van der Waals surface area contributed by atoms with Gasteiger partial charge in [-0.05, 0) is 31.0 Å². The van der Waals surface area contributed by atoms with E-state index in [9.17, 15) is 4.57 Å². The van der Waals surface area contributed by atoms with E-state index in [1.165, 1.54) is 0 Å². The van der Waals surface area contributed by atoms with Gasteiger partial charge in [-0.1, -0.05) is 35.0 Å². The second kappa shape index (κ2) is 3.98. The molecule has 0 spiro atoms. The number of rotatable bonds is 2. The first-order valence-electron chi connectivity index (χ1n) is 4.21. The van der Waals surface area contributed by atoms with Crippen LogP contribution in [0.4, 0.5) is 0 Å². The fourth-order valence-electron chi connectivity index (χ4n) is 1.10. The van der Waals surface area contributed by atoms with Gasteiger partial charge in [0.1, 0.15) is 0 Å². The molecule has 1 nitrogen and oxygen atoms in total. The Hall–Kier alpha value is -0.0700. The van der Waals surface area contributed by atoms with Crippen LogP contribution < -0.4 is 0 Å². The summed E-state index contributed by atoms with van der Waals surface area (Å²) in [5, 5.41) is 0. The number of benzene rings is 1. The van der Waals surface area contributed by atoms with Gasteiger partial charge in [0.05, 0.1) is 7.14 Å². The van der Waals surface area contributed by atoms with Crippen LogP contribution in [0.15, 0.2) is 28.7 Å². The summed E-state index contributed by atoms with van der Waals surface area (Å²) in [5.74, 6) is 0. The van der Waals surface area contributed by atoms with Crippen molar-refractivity contribution in [2.24, 2.45) is 0 Å². The highest BCUT2D eigenvalue weighted by Crippen LogP contribution is 2.52. The summed E-state index contributed by atoms with van der Waals surface area (Å²) in [6, 6.07) is 8.02. The van der Waals surface area contributed by atoms with Gasteiger partial charge < -0.3 is 4.57 Å². The molecule has 1 rings (SSSR count). The number of hydrogen-bond donors (Lipinski definition) is 0. The van der Waals surface area contributed by atoms with Crippen LogP contribution in [-0.2, 0) is 4.57 Å². The maximum Gasteiger partial charge on any atom is 0.0887 e. The van der Waals surface area contributed by atoms with E-state index in [0.29, 0.717) is 0 Å². The van der Waals surface area contributed by atoms with Crippen molar-refractivity contribution in [3.8, 4) is 0 Å². The Morgan fingerprint density at radius 3 is 2.08 bits per heavy atom. The summed E-state index contributed by atoms with van der Waals surface area (Å²) in [7, 11) is -2.01. The molecule has 0 saturated carbocycles. The summed E-state index contributed by atoms with van der Waals surface area (Å²) < 4.78 is 12.8. The van der Waals surface area contributed by atoms with E-state index in [1.54, 1.807) is 0 Å². The Morgan fingerprint density at radius 1 is 1.23 bits per heavy atom. The quantitative estimate of drug-likeness (QED) is 0.731. The molecule has 0 aromatic heterocycles. The molecule has 0 bridgehead atoms. The molecule has 0 heterocycles. The normalized spacial score (nSPS) is 14.2. The minimum absolute atomic E-state index is 0.153. The zero-order valence-electron chi connectivity index (χ0n) is 8.12. The SMILES string of the molecule is CC(c1ccc(Br)cc1)P(C)(C)=O. The average Bonchev–Trinajstić information content (AvgIpc) is 2.03. The second-order valence-corrected chi connectivity index (χ2v) is 8.22. The molecule has 0 aliphatic heterocycles. The molecular weight excluding hydrogens is 247 g/mol. The Morgan fingerprint density at radius 2 is 1.69 bits per heavy atom. The smallest absolute Gasteiger partial charge is 0.0887 e. The Kier molecular flexibility index (Phi) is 3.37. The van der Waals surface area contributed by atoms with Crippen LogP contribution in [0, 0.1) is 0 Å². The molecule has 1 atom stereocenters. The fourth-order valence-corrected chi connectivity index (χ4v) is 2.25. The molecule has 0 fully saturated rings. The first-order valence-corrected chi connectivity index (χ1v) is 7.67. The Bertz CT molecular complexity index is 325. The predicted molar refractivity (Wildman–Crippen MR) is 62.0 cm³/mol. The Labute approximate surface area is 88.0 Å². The molecule has 72 valence electrons. The third kappa shape index (κ3) is 2.96. The van der Waals surface area contributed by atoms with Gasteiger partial charge in [-0.25, -0.2) is 0 Å². The van der Waals surface area contributed by atoms with E-state index >= 15 is 0 Å². The zero-order valence-corrected chi connectivity index (χ0v) is 10.6. The van der Waals surface area contributed by atoms with Crippen molar-refractivity contribution in [3.05, 3.63) is 34.3 Å². The first-order chi connectivity index (χ1) is 5.91. The van der Waals surface area contributed by atoms with Crippen LogP contribution in [0.1, 0.15) is 18.1 Å². The standard InChI is InChI=1S/C10H14BrOP/c1-8(13(2,3)12)9-4-6-10(11)7-5-9/h4-8H,1-3H3. The van der Waals surface area contributed by atoms with Gasteiger partial charge in [0.15, 0.2) is 0 Å². The second-order valence-electron chi connectivity index (χ2n) is 3.66. The minimum atomic E-state index is -2.01. The summed E-state index contributed by atoms with van der Waals surface area (Å²) in [4.78, 5) is 0. The first kappa shape index (κ1) is 11.0. The lowest BCUT2D eigenvalue weighted by Crippen LogP contribution is -1.92. The molecule has 0 aliphatic carbocycles.